The summed E-state index contributed by atoms with van der Waals surface area (Å²) in [7, 11) is 1.31. The zero-order valence-electron chi connectivity index (χ0n) is 14.3. The molecule has 142 valence electrons. The summed E-state index contributed by atoms with van der Waals surface area (Å²) in [4.78, 5) is 34.6. The summed E-state index contributed by atoms with van der Waals surface area (Å²) in [5, 5.41) is 14.3. The molecule has 9 nitrogen and oxygen atoms in total. The van der Waals surface area contributed by atoms with Crippen LogP contribution in [0.4, 0.5) is 4.79 Å². The second-order valence-electron chi connectivity index (χ2n) is 5.70. The van der Waals surface area contributed by atoms with Crippen LogP contribution >= 0.6 is 23.4 Å². The maximum atomic E-state index is 11.6. The number of benzene rings is 1. The number of urea groups is 1. The number of ether oxygens (including phenoxy) is 1. The molecule has 1 saturated heterocycles. The highest BCUT2D eigenvalue weighted by Crippen LogP contribution is 2.24. The average Bonchev–Trinajstić information content (AvgIpc) is 3.02. The van der Waals surface area contributed by atoms with Gasteiger partial charge in [0.2, 0.25) is 5.91 Å². The summed E-state index contributed by atoms with van der Waals surface area (Å²) < 4.78 is 6.43. The average molecular weight is 410 g/mol. The Morgan fingerprint density at radius 1 is 1.33 bits per heavy atom. The van der Waals surface area contributed by atoms with Crippen LogP contribution < -0.4 is 10.6 Å². The van der Waals surface area contributed by atoms with Crippen LogP contribution in [0.1, 0.15) is 12.2 Å². The van der Waals surface area contributed by atoms with Gasteiger partial charge in [-0.05, 0) is 24.3 Å². The Morgan fingerprint density at radius 2 is 2.07 bits per heavy atom. The van der Waals surface area contributed by atoms with Crippen LogP contribution in [-0.4, -0.2) is 51.6 Å². The quantitative estimate of drug-likeness (QED) is 0.546. The van der Waals surface area contributed by atoms with Gasteiger partial charge in [-0.2, -0.15) is 0 Å². The Hall–Kier alpha value is -2.59. The number of rotatable bonds is 6. The van der Waals surface area contributed by atoms with Crippen LogP contribution in [0.25, 0.3) is 5.69 Å². The van der Waals surface area contributed by atoms with Gasteiger partial charge >= 0.3 is 12.0 Å². The van der Waals surface area contributed by atoms with Gasteiger partial charge in [0, 0.05) is 29.6 Å². The van der Waals surface area contributed by atoms with Crippen LogP contribution in [0.5, 0.6) is 0 Å². The van der Waals surface area contributed by atoms with Crippen LogP contribution in [-0.2, 0) is 20.7 Å². The van der Waals surface area contributed by atoms with Crippen molar-refractivity contribution < 1.29 is 19.1 Å². The third kappa shape index (κ3) is 4.77. The van der Waals surface area contributed by atoms with E-state index in [1.807, 2.05) is 0 Å². The SMILES string of the molecule is COC(=O)CSc1nnc(CC2CC(=O)NC(=O)N2)n1-c1ccc(Cl)cc1. The van der Waals surface area contributed by atoms with Crippen molar-refractivity contribution in [3.63, 3.8) is 0 Å². The summed E-state index contributed by atoms with van der Waals surface area (Å²) in [6.07, 6.45) is 0.442. The molecule has 1 unspecified atom stereocenters. The molecular weight excluding hydrogens is 394 g/mol. The molecule has 1 aliphatic heterocycles. The molecule has 2 heterocycles. The Balaban J connectivity index is 1.89. The second kappa shape index (κ2) is 8.40. The topological polar surface area (TPSA) is 115 Å². The molecule has 2 N–H and O–H groups in total. The number of halogens is 1. The number of amides is 3. The Bertz CT molecular complexity index is 854. The van der Waals surface area contributed by atoms with Crippen LogP contribution in [0.2, 0.25) is 5.02 Å². The van der Waals surface area contributed by atoms with E-state index >= 15 is 0 Å². The van der Waals surface area contributed by atoms with Crippen LogP contribution in [0.15, 0.2) is 29.4 Å². The van der Waals surface area contributed by atoms with E-state index in [2.05, 4.69) is 25.6 Å². The van der Waals surface area contributed by atoms with Crippen molar-refractivity contribution in [2.45, 2.75) is 24.0 Å². The minimum absolute atomic E-state index is 0.0742. The Labute approximate surface area is 163 Å². The molecule has 0 saturated carbocycles. The normalized spacial score (nSPS) is 16.6. The number of nitrogens with one attached hydrogen (secondary N) is 2. The molecule has 1 fully saturated rings. The standard InChI is InChI=1S/C16H16ClN5O4S/c1-26-14(24)8-27-16-21-20-12(6-10-7-13(23)19-15(25)18-10)22(16)11-4-2-9(17)3-5-11/h2-5,10H,6-8H2,1H3,(H2,18,19,23,25). The molecule has 3 amide bonds. The zero-order chi connectivity index (χ0) is 19.4. The third-order valence-electron chi connectivity index (χ3n) is 3.78. The smallest absolute Gasteiger partial charge is 0.321 e. The first kappa shape index (κ1) is 19.2. The highest BCUT2D eigenvalue weighted by Gasteiger charge is 2.27. The highest BCUT2D eigenvalue weighted by molar-refractivity contribution is 7.99. The maximum absolute atomic E-state index is 11.6. The minimum Gasteiger partial charge on any atom is -0.468 e. The number of imide groups is 1. The van der Waals surface area contributed by atoms with E-state index in [1.54, 1.807) is 28.8 Å². The van der Waals surface area contributed by atoms with Gasteiger partial charge in [-0.3, -0.25) is 19.5 Å². The minimum atomic E-state index is -0.533. The van der Waals surface area contributed by atoms with Gasteiger partial charge in [-0.25, -0.2) is 4.79 Å². The van der Waals surface area contributed by atoms with Crippen LogP contribution in [0, 0.1) is 0 Å². The molecule has 11 heteroatoms. The van der Waals surface area contributed by atoms with Gasteiger partial charge in [0.15, 0.2) is 5.16 Å². The monoisotopic (exact) mass is 409 g/mol. The number of thioether (sulfide) groups is 1. The number of nitrogens with zero attached hydrogens (tertiary/aromatic N) is 3. The summed E-state index contributed by atoms with van der Waals surface area (Å²) in [5.41, 5.74) is 0.748. The largest absolute Gasteiger partial charge is 0.468 e. The lowest BCUT2D eigenvalue weighted by molar-refractivity contribution is -0.137. The van der Waals surface area contributed by atoms with Crippen molar-refractivity contribution in [2.24, 2.45) is 0 Å². The molecule has 0 radical (unpaired) electrons. The van der Waals surface area contributed by atoms with E-state index in [9.17, 15) is 14.4 Å². The molecule has 0 bridgehead atoms. The number of methoxy groups -OCH3 is 1. The van der Waals surface area contributed by atoms with Crippen molar-refractivity contribution in [3.05, 3.63) is 35.1 Å². The number of hydrogen-bond acceptors (Lipinski definition) is 7. The van der Waals surface area contributed by atoms with Crippen molar-refractivity contribution in [1.82, 2.24) is 25.4 Å². The van der Waals surface area contributed by atoms with Crippen molar-refractivity contribution in [3.8, 4) is 5.69 Å². The fourth-order valence-electron chi connectivity index (χ4n) is 2.58. The van der Waals surface area contributed by atoms with Gasteiger partial charge in [0.05, 0.1) is 12.9 Å². The first-order chi connectivity index (χ1) is 13.0. The Kier molecular flexibility index (Phi) is 5.97. The summed E-state index contributed by atoms with van der Waals surface area (Å²) >= 11 is 7.14. The van der Waals surface area contributed by atoms with Crippen molar-refractivity contribution >= 4 is 41.3 Å². The maximum Gasteiger partial charge on any atom is 0.321 e. The summed E-state index contributed by atoms with van der Waals surface area (Å²) in [6.45, 7) is 0. The van der Waals surface area contributed by atoms with E-state index < -0.39 is 12.1 Å². The van der Waals surface area contributed by atoms with Crippen molar-refractivity contribution in [2.75, 3.05) is 12.9 Å². The van der Waals surface area contributed by atoms with Crippen molar-refractivity contribution in [1.29, 1.82) is 0 Å². The number of esters is 1. The second-order valence-corrected chi connectivity index (χ2v) is 7.08. The van der Waals surface area contributed by atoms with E-state index in [0.717, 1.165) is 5.69 Å². The van der Waals surface area contributed by atoms with Gasteiger partial charge in [0.25, 0.3) is 0 Å². The van der Waals surface area contributed by atoms with E-state index in [1.165, 1.54) is 18.9 Å². The summed E-state index contributed by atoms with van der Waals surface area (Å²) in [6, 6.07) is 6.11. The number of carbonyl (C=O) groups excluding carboxylic acids is 3. The van der Waals surface area contributed by atoms with E-state index in [-0.39, 0.29) is 24.1 Å². The van der Waals surface area contributed by atoms with Gasteiger partial charge in [-0.15, -0.1) is 10.2 Å². The predicted molar refractivity (Wildman–Crippen MR) is 97.9 cm³/mol. The Morgan fingerprint density at radius 3 is 2.74 bits per heavy atom. The predicted octanol–water partition coefficient (Wildman–Crippen LogP) is 1.33. The summed E-state index contributed by atoms with van der Waals surface area (Å²) in [5.74, 6) is -0.111. The fourth-order valence-corrected chi connectivity index (χ4v) is 3.50. The van der Waals surface area contributed by atoms with Gasteiger partial charge < -0.3 is 10.1 Å². The molecule has 1 aromatic heterocycles. The lowest BCUT2D eigenvalue weighted by Gasteiger charge is -2.23. The molecule has 0 aliphatic carbocycles. The molecule has 1 atom stereocenters. The highest BCUT2D eigenvalue weighted by atomic mass is 35.5. The molecule has 27 heavy (non-hydrogen) atoms. The number of carbonyl (C=O) groups is 3. The lowest BCUT2D eigenvalue weighted by Crippen LogP contribution is -2.53. The number of hydrogen-bond donors (Lipinski definition) is 2. The lowest BCUT2D eigenvalue weighted by atomic mass is 10.1. The molecule has 2 aromatic rings. The molecule has 0 spiro atoms. The third-order valence-corrected chi connectivity index (χ3v) is 4.94. The fraction of sp³-hybridized carbons (Fsp3) is 0.312. The van der Waals surface area contributed by atoms with E-state index in [0.29, 0.717) is 22.4 Å². The molecular formula is C16H16ClN5O4S. The molecule has 3 rings (SSSR count). The first-order valence-corrected chi connectivity index (χ1v) is 9.33. The number of aromatic nitrogens is 3. The zero-order valence-corrected chi connectivity index (χ0v) is 15.8. The molecule has 1 aliphatic rings. The van der Waals surface area contributed by atoms with Gasteiger partial charge in [0.1, 0.15) is 5.82 Å². The first-order valence-electron chi connectivity index (χ1n) is 7.96. The van der Waals surface area contributed by atoms with Gasteiger partial charge in [-0.1, -0.05) is 23.4 Å². The molecule has 1 aromatic carbocycles. The van der Waals surface area contributed by atoms with Crippen LogP contribution in [0.3, 0.4) is 0 Å². The van der Waals surface area contributed by atoms with E-state index in [4.69, 9.17) is 11.6 Å².